The lowest BCUT2D eigenvalue weighted by molar-refractivity contribution is -0.117. The Morgan fingerprint density at radius 3 is 2.31 bits per heavy atom. The lowest BCUT2D eigenvalue weighted by Crippen LogP contribution is -2.19. The Labute approximate surface area is 171 Å². The molecule has 1 aromatic heterocycles. The Kier molecular flexibility index (Phi) is 6.01. The van der Waals surface area contributed by atoms with E-state index in [1.807, 2.05) is 83.1 Å². The van der Waals surface area contributed by atoms with E-state index in [-0.39, 0.29) is 11.3 Å². The number of aromatic nitrogens is 3. The summed E-state index contributed by atoms with van der Waals surface area (Å²) in [4.78, 5) is 16.7. The van der Waals surface area contributed by atoms with Crippen molar-refractivity contribution in [2.75, 3.05) is 11.9 Å². The number of aryl methyl sites for hydroxylation is 1. The molecule has 2 aromatic carbocycles. The molecule has 0 unspecified atom stereocenters. The van der Waals surface area contributed by atoms with E-state index in [4.69, 9.17) is 4.74 Å². The molecule has 0 saturated carbocycles. The first-order valence-corrected chi connectivity index (χ1v) is 9.82. The van der Waals surface area contributed by atoms with E-state index in [1.165, 1.54) is 5.56 Å². The number of carbonyl (C=O) groups excluding carboxylic acids is 1. The summed E-state index contributed by atoms with van der Waals surface area (Å²) < 4.78 is 7.28. The summed E-state index contributed by atoms with van der Waals surface area (Å²) in [6.45, 7) is 10.6. The summed E-state index contributed by atoms with van der Waals surface area (Å²) in [5.41, 5.74) is 3.68. The molecule has 0 bridgehead atoms. The smallest absolute Gasteiger partial charge is 0.336 e. The molecule has 0 spiro atoms. The Morgan fingerprint density at radius 2 is 1.72 bits per heavy atom. The van der Waals surface area contributed by atoms with Crippen molar-refractivity contribution in [2.45, 2.75) is 41.0 Å². The lowest BCUT2D eigenvalue weighted by Gasteiger charge is -2.17. The first-order chi connectivity index (χ1) is 13.7. The Hall–Kier alpha value is -3.15. The van der Waals surface area contributed by atoms with Crippen LogP contribution in [0.4, 0.5) is 5.69 Å². The monoisotopic (exact) mass is 392 g/mol. The quantitative estimate of drug-likeness (QED) is 0.640. The molecule has 1 heterocycles. The third-order valence-electron chi connectivity index (χ3n) is 4.26. The van der Waals surface area contributed by atoms with Gasteiger partial charge in [-0.3, -0.25) is 4.79 Å². The van der Waals surface area contributed by atoms with Crippen LogP contribution in [0.1, 0.15) is 39.7 Å². The van der Waals surface area contributed by atoms with E-state index in [9.17, 15) is 4.79 Å². The zero-order valence-electron chi connectivity index (χ0n) is 17.7. The van der Waals surface area contributed by atoms with Crippen molar-refractivity contribution in [2.24, 2.45) is 5.41 Å². The summed E-state index contributed by atoms with van der Waals surface area (Å²) in [5, 5.41) is 7.45. The van der Waals surface area contributed by atoms with Gasteiger partial charge in [0.2, 0.25) is 5.91 Å². The van der Waals surface area contributed by atoms with Crippen molar-refractivity contribution in [1.82, 2.24) is 14.8 Å². The Morgan fingerprint density at radius 1 is 1.07 bits per heavy atom. The highest BCUT2D eigenvalue weighted by atomic mass is 16.5. The molecule has 3 rings (SSSR count). The maximum atomic E-state index is 12.2. The fourth-order valence-electron chi connectivity index (χ4n) is 2.93. The van der Waals surface area contributed by atoms with Crippen LogP contribution < -0.4 is 10.1 Å². The Balaban J connectivity index is 1.87. The summed E-state index contributed by atoms with van der Waals surface area (Å²) >= 11 is 0. The second-order valence-corrected chi connectivity index (χ2v) is 8.26. The molecule has 1 amide bonds. The molecule has 6 nitrogen and oxygen atoms in total. The second-order valence-electron chi connectivity index (χ2n) is 8.26. The summed E-state index contributed by atoms with van der Waals surface area (Å²) in [6.07, 6.45) is 0.465. The zero-order chi connectivity index (χ0) is 21.0. The molecule has 0 aliphatic carbocycles. The van der Waals surface area contributed by atoms with Gasteiger partial charge in [-0.1, -0.05) is 50.6 Å². The number of anilines is 1. The standard InChI is InChI=1S/C23H28N4O2/c1-6-29-22-25-21(17-9-7-16(2)8-10-17)27(26-22)19-13-11-18(12-14-19)24-20(28)15-23(3,4)5/h7-14H,6,15H2,1-5H3,(H,24,28). The molecular formula is C23H28N4O2. The Bertz CT molecular complexity index is 968. The zero-order valence-corrected chi connectivity index (χ0v) is 17.7. The van der Waals surface area contributed by atoms with Gasteiger partial charge < -0.3 is 10.1 Å². The lowest BCUT2D eigenvalue weighted by atomic mass is 9.92. The van der Waals surface area contributed by atoms with Gasteiger partial charge in [-0.2, -0.15) is 4.98 Å². The van der Waals surface area contributed by atoms with Crippen molar-refractivity contribution >= 4 is 11.6 Å². The molecule has 152 valence electrons. The molecule has 0 fully saturated rings. The molecule has 3 aromatic rings. The van der Waals surface area contributed by atoms with Crippen molar-refractivity contribution < 1.29 is 9.53 Å². The SMILES string of the molecule is CCOc1nc(-c2ccc(C)cc2)n(-c2ccc(NC(=O)CC(C)(C)C)cc2)n1. The average molecular weight is 393 g/mol. The largest absolute Gasteiger partial charge is 0.463 e. The maximum absolute atomic E-state index is 12.2. The van der Waals surface area contributed by atoms with Gasteiger partial charge >= 0.3 is 6.01 Å². The number of hydrogen-bond acceptors (Lipinski definition) is 4. The van der Waals surface area contributed by atoms with Crippen LogP contribution >= 0.6 is 0 Å². The molecule has 0 atom stereocenters. The van der Waals surface area contributed by atoms with Crippen molar-refractivity contribution in [3.8, 4) is 23.1 Å². The highest BCUT2D eigenvalue weighted by molar-refractivity contribution is 5.91. The first kappa shape index (κ1) is 20.6. The van der Waals surface area contributed by atoms with E-state index in [0.717, 1.165) is 16.9 Å². The van der Waals surface area contributed by atoms with E-state index in [2.05, 4.69) is 15.4 Å². The molecule has 0 saturated heterocycles. The topological polar surface area (TPSA) is 69.0 Å². The van der Waals surface area contributed by atoms with Gasteiger partial charge in [-0.15, -0.1) is 5.10 Å². The maximum Gasteiger partial charge on any atom is 0.336 e. The fraction of sp³-hybridized carbons (Fsp3) is 0.348. The minimum atomic E-state index is -0.0522. The predicted molar refractivity (Wildman–Crippen MR) is 115 cm³/mol. The number of benzene rings is 2. The van der Waals surface area contributed by atoms with Gasteiger partial charge in [0.15, 0.2) is 5.82 Å². The van der Waals surface area contributed by atoms with Crippen LogP contribution in [-0.4, -0.2) is 27.3 Å². The van der Waals surface area contributed by atoms with E-state index in [1.54, 1.807) is 4.68 Å². The van der Waals surface area contributed by atoms with Crippen LogP contribution in [0.25, 0.3) is 17.1 Å². The van der Waals surface area contributed by atoms with Crippen molar-refractivity contribution in [3.63, 3.8) is 0 Å². The second kappa shape index (κ2) is 8.47. The number of rotatable bonds is 6. The van der Waals surface area contributed by atoms with E-state index in [0.29, 0.717) is 24.9 Å². The number of ether oxygens (including phenoxy) is 1. The molecule has 0 aliphatic heterocycles. The van der Waals surface area contributed by atoms with Crippen LogP contribution in [0.2, 0.25) is 0 Å². The van der Waals surface area contributed by atoms with Crippen LogP contribution in [-0.2, 0) is 4.79 Å². The van der Waals surface area contributed by atoms with Crippen molar-refractivity contribution in [1.29, 1.82) is 0 Å². The number of nitrogens with zero attached hydrogens (tertiary/aromatic N) is 3. The first-order valence-electron chi connectivity index (χ1n) is 9.82. The molecule has 29 heavy (non-hydrogen) atoms. The minimum Gasteiger partial charge on any atom is -0.463 e. The number of nitrogens with one attached hydrogen (secondary N) is 1. The van der Waals surface area contributed by atoms with Crippen molar-refractivity contribution in [3.05, 3.63) is 54.1 Å². The van der Waals surface area contributed by atoms with Gasteiger partial charge in [0.25, 0.3) is 0 Å². The van der Waals surface area contributed by atoms with E-state index >= 15 is 0 Å². The number of amides is 1. The number of carbonyl (C=O) groups is 1. The highest BCUT2D eigenvalue weighted by Gasteiger charge is 2.17. The molecule has 6 heteroatoms. The van der Waals surface area contributed by atoms with Gasteiger partial charge in [0, 0.05) is 17.7 Å². The summed E-state index contributed by atoms with van der Waals surface area (Å²) in [5.74, 6) is 0.711. The normalized spacial score (nSPS) is 11.3. The highest BCUT2D eigenvalue weighted by Crippen LogP contribution is 2.25. The molecule has 1 N–H and O–H groups in total. The molecule has 0 radical (unpaired) electrons. The van der Waals surface area contributed by atoms with Crippen LogP contribution in [0.15, 0.2) is 48.5 Å². The molecule has 0 aliphatic rings. The van der Waals surface area contributed by atoms with Gasteiger partial charge in [-0.05, 0) is 43.5 Å². The average Bonchev–Trinajstić information content (AvgIpc) is 3.05. The van der Waals surface area contributed by atoms with Gasteiger partial charge in [0.1, 0.15) is 0 Å². The van der Waals surface area contributed by atoms with Crippen LogP contribution in [0.3, 0.4) is 0 Å². The van der Waals surface area contributed by atoms with Crippen LogP contribution in [0, 0.1) is 12.3 Å². The summed E-state index contributed by atoms with van der Waals surface area (Å²) in [7, 11) is 0. The third kappa shape index (κ3) is 5.44. The fourth-order valence-corrected chi connectivity index (χ4v) is 2.93. The number of hydrogen-bond donors (Lipinski definition) is 1. The van der Waals surface area contributed by atoms with Gasteiger partial charge in [0.05, 0.1) is 12.3 Å². The molecular weight excluding hydrogens is 364 g/mol. The van der Waals surface area contributed by atoms with E-state index < -0.39 is 0 Å². The summed E-state index contributed by atoms with van der Waals surface area (Å²) in [6, 6.07) is 16.0. The third-order valence-corrected chi connectivity index (χ3v) is 4.26. The minimum absolute atomic E-state index is 0.00461. The van der Waals surface area contributed by atoms with Crippen LogP contribution in [0.5, 0.6) is 6.01 Å². The van der Waals surface area contributed by atoms with Gasteiger partial charge in [-0.25, -0.2) is 4.68 Å². The predicted octanol–water partition coefficient (Wildman–Crippen LogP) is 5.02.